The fourth-order valence-electron chi connectivity index (χ4n) is 2.60. The van der Waals surface area contributed by atoms with E-state index in [1.165, 1.54) is 5.56 Å². The zero-order valence-corrected chi connectivity index (χ0v) is 13.7. The zero-order valence-electron chi connectivity index (χ0n) is 13.7. The maximum absolute atomic E-state index is 12.3. The molecule has 0 aliphatic carbocycles. The lowest BCUT2D eigenvalue weighted by molar-refractivity contribution is 0.0938. The minimum Gasteiger partial charge on any atom is -0.350 e. The first kappa shape index (κ1) is 16.0. The summed E-state index contributed by atoms with van der Waals surface area (Å²) in [6.45, 7) is 2.04. The minimum atomic E-state index is -0.0345. The maximum atomic E-state index is 12.3. The van der Waals surface area contributed by atoms with Crippen LogP contribution in [-0.4, -0.2) is 21.5 Å². The number of aryl methyl sites for hydroxylation is 1. The summed E-state index contributed by atoms with van der Waals surface area (Å²) in [6.07, 6.45) is 7.22. The highest BCUT2D eigenvalue weighted by Gasteiger charge is 2.10. The lowest BCUT2D eigenvalue weighted by Crippen LogP contribution is -2.32. The Bertz CT molecular complexity index is 764. The number of rotatable bonds is 6. The summed E-state index contributed by atoms with van der Waals surface area (Å²) in [4.78, 5) is 16.4. The van der Waals surface area contributed by atoms with Gasteiger partial charge in [-0.25, -0.2) is 4.98 Å². The Morgan fingerprint density at radius 3 is 2.54 bits per heavy atom. The van der Waals surface area contributed by atoms with Crippen LogP contribution in [0, 0.1) is 0 Å². The first-order valence-corrected chi connectivity index (χ1v) is 8.15. The number of aromatic nitrogens is 2. The molecule has 122 valence electrons. The molecule has 1 unspecified atom stereocenters. The molecule has 0 aliphatic heterocycles. The van der Waals surface area contributed by atoms with Gasteiger partial charge in [-0.1, -0.05) is 30.3 Å². The van der Waals surface area contributed by atoms with Crippen LogP contribution in [0.3, 0.4) is 0 Å². The second kappa shape index (κ2) is 7.59. The van der Waals surface area contributed by atoms with Gasteiger partial charge in [-0.15, -0.1) is 0 Å². The molecule has 4 heteroatoms. The van der Waals surface area contributed by atoms with Crippen molar-refractivity contribution in [2.45, 2.75) is 25.8 Å². The molecule has 0 spiro atoms. The summed E-state index contributed by atoms with van der Waals surface area (Å²) in [5.41, 5.74) is 2.95. The van der Waals surface area contributed by atoms with E-state index in [0.717, 1.165) is 18.5 Å². The number of nitrogens with one attached hydrogen (secondary N) is 1. The largest absolute Gasteiger partial charge is 0.350 e. The standard InChI is InChI=1S/C20H21N3O/c1-16(7-8-17-5-3-2-4-6-17)22-20(24)18-9-11-19(12-10-18)23-14-13-21-15-23/h2-6,9-16H,7-8H2,1H3,(H,22,24). The number of nitrogens with zero attached hydrogens (tertiary/aromatic N) is 2. The van der Waals surface area contributed by atoms with Crippen molar-refractivity contribution in [3.05, 3.63) is 84.4 Å². The van der Waals surface area contributed by atoms with Gasteiger partial charge in [0, 0.05) is 29.7 Å². The number of carbonyl (C=O) groups excluding carboxylic acids is 1. The average molecular weight is 319 g/mol. The lowest BCUT2D eigenvalue weighted by atomic mass is 10.1. The van der Waals surface area contributed by atoms with Crippen LogP contribution in [0.2, 0.25) is 0 Å². The fourth-order valence-corrected chi connectivity index (χ4v) is 2.60. The summed E-state index contributed by atoms with van der Waals surface area (Å²) >= 11 is 0. The van der Waals surface area contributed by atoms with Crippen molar-refractivity contribution in [3.8, 4) is 5.69 Å². The molecule has 0 saturated carbocycles. The summed E-state index contributed by atoms with van der Waals surface area (Å²) in [5, 5.41) is 3.06. The summed E-state index contributed by atoms with van der Waals surface area (Å²) in [7, 11) is 0. The normalized spacial score (nSPS) is 11.9. The van der Waals surface area contributed by atoms with Crippen LogP contribution in [0.15, 0.2) is 73.3 Å². The molecule has 0 bridgehead atoms. The number of imidazole rings is 1. The van der Waals surface area contributed by atoms with E-state index in [1.54, 1.807) is 12.5 Å². The SMILES string of the molecule is CC(CCc1ccccc1)NC(=O)c1ccc(-n2ccnc2)cc1. The van der Waals surface area contributed by atoms with Gasteiger partial charge in [-0.05, 0) is 49.6 Å². The molecule has 0 fully saturated rings. The highest BCUT2D eigenvalue weighted by molar-refractivity contribution is 5.94. The predicted molar refractivity (Wildman–Crippen MR) is 95.3 cm³/mol. The molecule has 1 heterocycles. The third-order valence-electron chi connectivity index (χ3n) is 4.02. The van der Waals surface area contributed by atoms with Crippen molar-refractivity contribution in [1.29, 1.82) is 0 Å². The van der Waals surface area contributed by atoms with Crippen LogP contribution in [0.4, 0.5) is 0 Å². The van der Waals surface area contributed by atoms with Crippen LogP contribution in [-0.2, 0) is 6.42 Å². The van der Waals surface area contributed by atoms with Gasteiger partial charge in [0.15, 0.2) is 0 Å². The van der Waals surface area contributed by atoms with Gasteiger partial charge >= 0.3 is 0 Å². The van der Waals surface area contributed by atoms with Crippen molar-refractivity contribution in [2.24, 2.45) is 0 Å². The van der Waals surface area contributed by atoms with E-state index in [9.17, 15) is 4.79 Å². The number of hydrogen-bond acceptors (Lipinski definition) is 2. The number of carbonyl (C=O) groups is 1. The van der Waals surface area contributed by atoms with Gasteiger partial charge in [0.1, 0.15) is 0 Å². The molecular formula is C20H21N3O. The topological polar surface area (TPSA) is 46.9 Å². The summed E-state index contributed by atoms with van der Waals surface area (Å²) in [6, 6.07) is 18.0. The predicted octanol–water partition coefficient (Wildman–Crippen LogP) is 3.62. The lowest BCUT2D eigenvalue weighted by Gasteiger charge is -2.14. The van der Waals surface area contributed by atoms with Gasteiger partial charge in [-0.3, -0.25) is 4.79 Å². The van der Waals surface area contributed by atoms with Crippen molar-refractivity contribution in [1.82, 2.24) is 14.9 Å². The molecular weight excluding hydrogens is 298 g/mol. The van der Waals surface area contributed by atoms with Crippen LogP contribution >= 0.6 is 0 Å². The van der Waals surface area contributed by atoms with Gasteiger partial charge in [0.25, 0.3) is 5.91 Å². The second-order valence-electron chi connectivity index (χ2n) is 5.92. The zero-order chi connectivity index (χ0) is 16.8. The van der Waals surface area contributed by atoms with E-state index in [-0.39, 0.29) is 11.9 Å². The van der Waals surface area contributed by atoms with Crippen molar-refractivity contribution >= 4 is 5.91 Å². The molecule has 1 atom stereocenters. The first-order valence-electron chi connectivity index (χ1n) is 8.15. The monoisotopic (exact) mass is 319 g/mol. The number of amides is 1. The molecule has 3 rings (SSSR count). The molecule has 3 aromatic rings. The maximum Gasteiger partial charge on any atom is 0.251 e. The van der Waals surface area contributed by atoms with Crippen molar-refractivity contribution in [2.75, 3.05) is 0 Å². The van der Waals surface area contributed by atoms with Crippen LogP contribution in [0.5, 0.6) is 0 Å². The molecule has 0 saturated heterocycles. The Kier molecular flexibility index (Phi) is 5.06. The van der Waals surface area contributed by atoms with E-state index < -0.39 is 0 Å². The highest BCUT2D eigenvalue weighted by atomic mass is 16.1. The van der Waals surface area contributed by atoms with Crippen LogP contribution in [0.25, 0.3) is 5.69 Å². The van der Waals surface area contributed by atoms with Crippen molar-refractivity contribution in [3.63, 3.8) is 0 Å². The summed E-state index contributed by atoms with van der Waals surface area (Å²) < 4.78 is 1.91. The van der Waals surface area contributed by atoms with E-state index in [2.05, 4.69) is 22.4 Å². The molecule has 1 N–H and O–H groups in total. The molecule has 2 aromatic carbocycles. The minimum absolute atomic E-state index is 0.0345. The average Bonchev–Trinajstić information content (AvgIpc) is 3.16. The van der Waals surface area contributed by atoms with E-state index in [1.807, 2.05) is 60.2 Å². The van der Waals surface area contributed by atoms with Crippen molar-refractivity contribution < 1.29 is 4.79 Å². The van der Waals surface area contributed by atoms with Gasteiger partial charge < -0.3 is 9.88 Å². The Balaban J connectivity index is 1.54. The number of hydrogen-bond donors (Lipinski definition) is 1. The Labute approximate surface area is 142 Å². The second-order valence-corrected chi connectivity index (χ2v) is 5.92. The van der Waals surface area contributed by atoms with Crippen LogP contribution in [0.1, 0.15) is 29.3 Å². The smallest absolute Gasteiger partial charge is 0.251 e. The Hall–Kier alpha value is -2.88. The van der Waals surface area contributed by atoms with E-state index in [4.69, 9.17) is 0 Å². The van der Waals surface area contributed by atoms with Gasteiger partial charge in [0.05, 0.1) is 6.33 Å². The quantitative estimate of drug-likeness (QED) is 0.754. The molecule has 1 aromatic heterocycles. The molecule has 0 aliphatic rings. The first-order chi connectivity index (χ1) is 11.7. The Morgan fingerprint density at radius 1 is 1.12 bits per heavy atom. The van der Waals surface area contributed by atoms with E-state index in [0.29, 0.717) is 5.56 Å². The molecule has 0 radical (unpaired) electrons. The molecule has 1 amide bonds. The van der Waals surface area contributed by atoms with Gasteiger partial charge in [-0.2, -0.15) is 0 Å². The molecule has 24 heavy (non-hydrogen) atoms. The highest BCUT2D eigenvalue weighted by Crippen LogP contribution is 2.10. The fraction of sp³-hybridized carbons (Fsp3) is 0.200. The van der Waals surface area contributed by atoms with Crippen LogP contribution < -0.4 is 5.32 Å². The summed E-state index contributed by atoms with van der Waals surface area (Å²) in [5.74, 6) is -0.0345. The van der Waals surface area contributed by atoms with E-state index >= 15 is 0 Å². The third-order valence-corrected chi connectivity index (χ3v) is 4.02. The Morgan fingerprint density at radius 2 is 1.88 bits per heavy atom. The number of benzene rings is 2. The third kappa shape index (κ3) is 4.10. The van der Waals surface area contributed by atoms with Gasteiger partial charge in [0.2, 0.25) is 0 Å². The molecule has 4 nitrogen and oxygen atoms in total.